The van der Waals surface area contributed by atoms with E-state index >= 15 is 0 Å². The first kappa shape index (κ1) is 12.6. The minimum absolute atomic E-state index is 0.312. The van der Waals surface area contributed by atoms with Crippen molar-refractivity contribution in [3.63, 3.8) is 0 Å². The van der Waals surface area contributed by atoms with Crippen LogP contribution in [-0.2, 0) is 6.54 Å². The zero-order chi connectivity index (χ0) is 14.1. The molecule has 1 heterocycles. The minimum atomic E-state index is -0.312. The fourth-order valence-corrected chi connectivity index (χ4v) is 2.45. The molecule has 0 saturated carbocycles. The van der Waals surface area contributed by atoms with Gasteiger partial charge in [0, 0.05) is 12.5 Å². The number of aromatic nitrogens is 1. The third-order valence-corrected chi connectivity index (χ3v) is 3.60. The molecule has 0 bridgehead atoms. The van der Waals surface area contributed by atoms with Crippen LogP contribution in [0.3, 0.4) is 0 Å². The van der Waals surface area contributed by atoms with E-state index < -0.39 is 0 Å². The fourth-order valence-electron chi connectivity index (χ4n) is 2.45. The van der Waals surface area contributed by atoms with E-state index in [4.69, 9.17) is 4.42 Å². The summed E-state index contributed by atoms with van der Waals surface area (Å²) >= 11 is 0. The van der Waals surface area contributed by atoms with Crippen LogP contribution >= 0.6 is 0 Å². The highest BCUT2D eigenvalue weighted by atomic mass is 16.4. The number of benzene rings is 2. The molecule has 0 spiro atoms. The predicted molar refractivity (Wildman–Crippen MR) is 77.7 cm³/mol. The third-order valence-electron chi connectivity index (χ3n) is 3.60. The van der Waals surface area contributed by atoms with Crippen molar-refractivity contribution >= 4 is 11.0 Å². The molecule has 20 heavy (non-hydrogen) atoms. The van der Waals surface area contributed by atoms with Crippen LogP contribution in [0.15, 0.2) is 57.7 Å². The Morgan fingerprint density at radius 3 is 2.50 bits per heavy atom. The lowest BCUT2D eigenvalue weighted by atomic mass is 10.1. The van der Waals surface area contributed by atoms with Gasteiger partial charge >= 0.3 is 5.76 Å². The normalized spacial score (nSPS) is 10.9. The Morgan fingerprint density at radius 1 is 1.00 bits per heavy atom. The Hall–Kier alpha value is -2.42. The van der Waals surface area contributed by atoms with E-state index in [2.05, 4.69) is 0 Å². The van der Waals surface area contributed by atoms with Gasteiger partial charge in [0.15, 0.2) is 17.8 Å². The number of hydrogen-bond acceptors (Lipinski definition) is 2. The van der Waals surface area contributed by atoms with Gasteiger partial charge in [-0.3, -0.25) is 0 Å². The molecule has 3 rings (SSSR count). The second-order valence-corrected chi connectivity index (χ2v) is 4.98. The summed E-state index contributed by atoms with van der Waals surface area (Å²) in [5.74, 6) is -0.312. The molecule has 0 atom stereocenters. The van der Waals surface area contributed by atoms with Gasteiger partial charge in [-0.25, -0.2) is 0 Å². The van der Waals surface area contributed by atoms with E-state index in [9.17, 15) is 4.79 Å². The van der Waals surface area contributed by atoms with Crippen LogP contribution in [0.25, 0.3) is 11.0 Å². The first-order valence-electron chi connectivity index (χ1n) is 6.63. The Bertz CT molecular complexity index is 820. The zero-order valence-electron chi connectivity index (χ0n) is 11.6. The maximum absolute atomic E-state index is 12.2. The molecule has 0 N–H and O–H groups in total. The van der Waals surface area contributed by atoms with Gasteiger partial charge in [-0.1, -0.05) is 42.5 Å². The lowest BCUT2D eigenvalue weighted by molar-refractivity contribution is -0.717. The smallest absolute Gasteiger partial charge is 0.371 e. The third kappa shape index (κ3) is 2.11. The lowest BCUT2D eigenvalue weighted by Gasteiger charge is -2.04. The Kier molecular flexibility index (Phi) is 3.11. The minimum Gasteiger partial charge on any atom is -0.371 e. The van der Waals surface area contributed by atoms with Gasteiger partial charge in [0.2, 0.25) is 0 Å². The van der Waals surface area contributed by atoms with Crippen molar-refractivity contribution in [1.82, 2.24) is 0 Å². The topological polar surface area (TPSA) is 34.1 Å². The maximum Gasteiger partial charge on any atom is 0.602 e. The van der Waals surface area contributed by atoms with Crippen molar-refractivity contribution in [2.45, 2.75) is 20.4 Å². The monoisotopic (exact) mass is 266 g/mol. The summed E-state index contributed by atoms with van der Waals surface area (Å²) in [4.78, 5) is 12.2. The van der Waals surface area contributed by atoms with Gasteiger partial charge in [0.1, 0.15) is 0 Å². The summed E-state index contributed by atoms with van der Waals surface area (Å²) in [6.45, 7) is 4.44. The van der Waals surface area contributed by atoms with Gasteiger partial charge in [0.25, 0.3) is 0 Å². The quantitative estimate of drug-likeness (QED) is 0.668. The molecular weight excluding hydrogens is 250 g/mol. The van der Waals surface area contributed by atoms with Crippen molar-refractivity contribution in [3.8, 4) is 0 Å². The number of nitrogens with zero attached hydrogens (tertiary/aromatic N) is 1. The van der Waals surface area contributed by atoms with Crippen LogP contribution in [0.1, 0.15) is 16.8 Å². The zero-order valence-corrected chi connectivity index (χ0v) is 11.6. The number of aryl methyl sites for hydroxylation is 2. The van der Waals surface area contributed by atoms with Crippen LogP contribution in [0.4, 0.5) is 0 Å². The average Bonchev–Trinajstić information content (AvgIpc) is 2.46. The summed E-state index contributed by atoms with van der Waals surface area (Å²) in [5, 5.41) is 0.987. The van der Waals surface area contributed by atoms with Crippen molar-refractivity contribution < 1.29 is 8.98 Å². The van der Waals surface area contributed by atoms with E-state index in [1.54, 1.807) is 4.57 Å². The predicted octanol–water partition coefficient (Wildman–Crippen LogP) is 2.75. The van der Waals surface area contributed by atoms with Crippen LogP contribution in [0.2, 0.25) is 0 Å². The van der Waals surface area contributed by atoms with E-state index in [1.807, 2.05) is 62.4 Å². The maximum atomic E-state index is 12.2. The molecule has 0 radical (unpaired) electrons. The summed E-state index contributed by atoms with van der Waals surface area (Å²) in [7, 11) is 0. The average molecular weight is 266 g/mol. The van der Waals surface area contributed by atoms with Gasteiger partial charge in [-0.2, -0.15) is 4.79 Å². The first-order valence-corrected chi connectivity index (χ1v) is 6.63. The van der Waals surface area contributed by atoms with Gasteiger partial charge in [-0.05, 0) is 18.6 Å². The van der Waals surface area contributed by atoms with E-state index in [0.717, 1.165) is 22.2 Å². The van der Waals surface area contributed by atoms with Crippen molar-refractivity contribution in [2.75, 3.05) is 0 Å². The Balaban J connectivity index is 2.19. The molecule has 0 unspecified atom stereocenters. The summed E-state index contributed by atoms with van der Waals surface area (Å²) in [5.41, 5.74) is 3.68. The van der Waals surface area contributed by atoms with Gasteiger partial charge in [-0.15, -0.1) is 4.57 Å². The van der Waals surface area contributed by atoms with Crippen molar-refractivity contribution in [2.24, 2.45) is 0 Å². The number of fused-ring (bicyclic) bond motifs is 1. The summed E-state index contributed by atoms with van der Waals surface area (Å²) in [6, 6.07) is 15.8. The highest BCUT2D eigenvalue weighted by Gasteiger charge is 2.19. The lowest BCUT2D eigenvalue weighted by Crippen LogP contribution is -2.52. The van der Waals surface area contributed by atoms with Crippen LogP contribution < -0.4 is 10.3 Å². The summed E-state index contributed by atoms with van der Waals surface area (Å²) in [6.07, 6.45) is 0. The molecule has 3 nitrogen and oxygen atoms in total. The SMILES string of the molecule is Cc1cccc2c(C)[n+](Cc3ccccc3)c(=O)oc12. The molecule has 0 aliphatic rings. The number of rotatable bonds is 2. The summed E-state index contributed by atoms with van der Waals surface area (Å²) < 4.78 is 7.16. The van der Waals surface area contributed by atoms with E-state index in [-0.39, 0.29) is 5.76 Å². The molecule has 3 aromatic rings. The molecule has 2 aromatic carbocycles. The van der Waals surface area contributed by atoms with Crippen molar-refractivity contribution in [1.29, 1.82) is 0 Å². The van der Waals surface area contributed by atoms with Crippen LogP contribution in [0.5, 0.6) is 0 Å². The van der Waals surface area contributed by atoms with Gasteiger partial charge in [0.05, 0.1) is 5.39 Å². The van der Waals surface area contributed by atoms with Crippen LogP contribution in [0, 0.1) is 13.8 Å². The van der Waals surface area contributed by atoms with Crippen LogP contribution in [-0.4, -0.2) is 0 Å². The van der Waals surface area contributed by atoms with E-state index in [1.165, 1.54) is 0 Å². The Morgan fingerprint density at radius 2 is 1.75 bits per heavy atom. The molecule has 1 aromatic heterocycles. The largest absolute Gasteiger partial charge is 0.602 e. The second kappa shape index (κ2) is 4.93. The second-order valence-electron chi connectivity index (χ2n) is 4.98. The molecule has 0 amide bonds. The highest BCUT2D eigenvalue weighted by molar-refractivity contribution is 5.80. The van der Waals surface area contributed by atoms with Gasteiger partial charge < -0.3 is 4.42 Å². The molecule has 0 fully saturated rings. The molecule has 0 saturated heterocycles. The highest BCUT2D eigenvalue weighted by Crippen LogP contribution is 2.17. The van der Waals surface area contributed by atoms with E-state index in [0.29, 0.717) is 12.1 Å². The number of para-hydroxylation sites is 1. The first-order chi connectivity index (χ1) is 9.66. The molecule has 100 valence electrons. The Labute approximate surface area is 117 Å². The molecule has 0 aliphatic carbocycles. The fraction of sp³-hybridized carbons (Fsp3) is 0.176. The standard InChI is InChI=1S/C17H16NO2/c1-12-7-6-10-15-13(2)18(17(19)20-16(12)15)11-14-8-4-3-5-9-14/h3-10H,11H2,1-2H3/q+1. The molecule has 3 heteroatoms. The molecular formula is C17H16NO2+. The molecule has 0 aliphatic heterocycles. The number of hydrogen-bond donors (Lipinski definition) is 0. The van der Waals surface area contributed by atoms with Crippen molar-refractivity contribution in [3.05, 3.63) is 75.9 Å².